The molecule has 0 bridgehead atoms. The smallest absolute Gasteiger partial charge is 0.291 e. The Bertz CT molecular complexity index is 1160. The van der Waals surface area contributed by atoms with E-state index in [0.29, 0.717) is 0 Å². The molecule has 0 amide bonds. The molecule has 0 aliphatic rings. The molecular formula is C22H10F18N2. The highest BCUT2D eigenvalue weighted by molar-refractivity contribution is 5.86. The van der Waals surface area contributed by atoms with Gasteiger partial charge in [-0.3, -0.25) is 9.98 Å². The maximum atomic E-state index is 13.3. The molecule has 0 aliphatic heterocycles. The van der Waals surface area contributed by atoms with Gasteiger partial charge in [0.2, 0.25) is 0 Å². The number of hydrogen-bond acceptors (Lipinski definition) is 2. The Labute approximate surface area is 221 Å². The first-order valence-electron chi connectivity index (χ1n) is 10.4. The summed E-state index contributed by atoms with van der Waals surface area (Å²) in [5, 5.41) is 0. The van der Waals surface area contributed by atoms with Crippen LogP contribution >= 0.6 is 0 Å². The van der Waals surface area contributed by atoms with Gasteiger partial charge >= 0.3 is 37.1 Å². The normalized spacial score (nSPS) is 14.4. The van der Waals surface area contributed by atoms with Gasteiger partial charge in [-0.05, 0) is 24.3 Å². The number of alkyl halides is 18. The molecular weight excluding hydrogens is 634 g/mol. The van der Waals surface area contributed by atoms with Crippen LogP contribution in [0.4, 0.5) is 79.0 Å². The van der Waals surface area contributed by atoms with Gasteiger partial charge in [-0.15, -0.1) is 0 Å². The predicted molar refractivity (Wildman–Crippen MR) is 108 cm³/mol. The Hall–Kier alpha value is -3.48. The quantitative estimate of drug-likeness (QED) is 0.176. The second-order valence-corrected chi connectivity index (χ2v) is 8.03. The minimum Gasteiger partial charge on any atom is -0.291 e. The molecule has 2 aromatic carbocycles. The van der Waals surface area contributed by atoms with E-state index in [-0.39, 0.29) is 12.4 Å². The monoisotopic (exact) mass is 644 g/mol. The van der Waals surface area contributed by atoms with Crippen LogP contribution in [-0.2, 0) is 37.1 Å². The minimum absolute atomic E-state index is 0.165. The topological polar surface area (TPSA) is 24.7 Å². The summed E-state index contributed by atoms with van der Waals surface area (Å²) in [6, 6.07) is -2.51. The molecule has 42 heavy (non-hydrogen) atoms. The molecule has 2 rings (SSSR count). The molecule has 2 nitrogen and oxygen atoms in total. The van der Waals surface area contributed by atoms with Crippen molar-refractivity contribution < 1.29 is 79.0 Å². The largest absolute Gasteiger partial charge is 0.417 e. The summed E-state index contributed by atoms with van der Waals surface area (Å²) in [6.45, 7) is -2.06. The molecule has 0 radical (unpaired) electrons. The van der Waals surface area contributed by atoms with E-state index in [1.807, 2.05) is 0 Å². The average molecular weight is 644 g/mol. The van der Waals surface area contributed by atoms with E-state index in [1.165, 1.54) is 0 Å². The molecule has 0 saturated heterocycles. The van der Waals surface area contributed by atoms with Crippen molar-refractivity contribution >= 4 is 12.4 Å². The van der Waals surface area contributed by atoms with Gasteiger partial charge in [0.05, 0.1) is 46.5 Å². The van der Waals surface area contributed by atoms with E-state index in [4.69, 9.17) is 0 Å². The van der Waals surface area contributed by atoms with Gasteiger partial charge in [0.15, 0.2) is 0 Å². The summed E-state index contributed by atoms with van der Waals surface area (Å²) < 4.78 is 237. The SMILES string of the molecule is FC(F)(F)c1cc(C(F)(F)F)c(C=NCCN=Cc2c(C(F)(F)F)cc(C(F)(F)F)cc2C(F)(F)F)c(C(F)(F)F)c1. The van der Waals surface area contributed by atoms with E-state index >= 15 is 0 Å². The second kappa shape index (κ2) is 11.3. The van der Waals surface area contributed by atoms with Crippen LogP contribution in [0.1, 0.15) is 44.5 Å². The summed E-state index contributed by atoms with van der Waals surface area (Å²) in [4.78, 5) is 6.18. The summed E-state index contributed by atoms with van der Waals surface area (Å²) in [5.74, 6) is 0. The molecule has 0 unspecified atom stereocenters. The standard InChI is InChI=1S/C22H10F18N2/c23-17(24,25)9-3-13(19(29,30)31)11(14(4-9)20(32,33)34)7-41-1-2-42-8-12-15(21(35,36)37)5-10(18(26,27)28)6-16(12)22(38,39)40/h3-8H,1-2H2. The molecule has 0 aliphatic carbocycles. The molecule has 20 heteroatoms. The first kappa shape index (κ1) is 34.7. The number of nitrogens with zero attached hydrogens (tertiary/aromatic N) is 2. The van der Waals surface area contributed by atoms with Crippen LogP contribution in [0.3, 0.4) is 0 Å². The van der Waals surface area contributed by atoms with Gasteiger partial charge in [0.25, 0.3) is 0 Å². The molecule has 0 saturated carbocycles. The predicted octanol–water partition coefficient (Wildman–Crippen LogP) is 9.34. The van der Waals surface area contributed by atoms with Gasteiger partial charge in [-0.1, -0.05) is 0 Å². The summed E-state index contributed by atoms with van der Waals surface area (Å²) in [6.07, 6.45) is -34.7. The molecule has 234 valence electrons. The average Bonchev–Trinajstić information content (AvgIpc) is 2.76. The lowest BCUT2D eigenvalue weighted by molar-refractivity contribution is -0.151. The van der Waals surface area contributed by atoms with E-state index in [0.717, 1.165) is 0 Å². The molecule has 0 atom stereocenters. The number of aliphatic imine (C=N–C) groups is 2. The van der Waals surface area contributed by atoms with Crippen LogP contribution in [-0.4, -0.2) is 25.5 Å². The third kappa shape index (κ3) is 8.52. The highest BCUT2D eigenvalue weighted by Gasteiger charge is 2.45. The van der Waals surface area contributed by atoms with Crippen molar-refractivity contribution in [1.82, 2.24) is 0 Å². The minimum atomic E-state index is -5.77. The van der Waals surface area contributed by atoms with Crippen molar-refractivity contribution in [3.05, 3.63) is 68.8 Å². The lowest BCUT2D eigenvalue weighted by atomic mass is 9.96. The Morgan fingerprint density at radius 1 is 0.381 bits per heavy atom. The fourth-order valence-corrected chi connectivity index (χ4v) is 3.28. The van der Waals surface area contributed by atoms with E-state index in [1.54, 1.807) is 0 Å². The lowest BCUT2D eigenvalue weighted by Gasteiger charge is -2.19. The van der Waals surface area contributed by atoms with Crippen molar-refractivity contribution in [3.63, 3.8) is 0 Å². The van der Waals surface area contributed by atoms with Gasteiger partial charge in [-0.2, -0.15) is 79.0 Å². The number of rotatable bonds is 5. The van der Waals surface area contributed by atoms with Crippen LogP contribution < -0.4 is 0 Å². The zero-order valence-electron chi connectivity index (χ0n) is 19.6. The van der Waals surface area contributed by atoms with Gasteiger partial charge < -0.3 is 0 Å². The fourth-order valence-electron chi connectivity index (χ4n) is 3.28. The van der Waals surface area contributed by atoms with E-state index in [9.17, 15) is 79.0 Å². The Balaban J connectivity index is 2.52. The summed E-state index contributed by atoms with van der Waals surface area (Å²) in [7, 11) is 0. The van der Waals surface area contributed by atoms with Crippen LogP contribution in [0.15, 0.2) is 34.3 Å². The van der Waals surface area contributed by atoms with Gasteiger partial charge in [-0.25, -0.2) is 0 Å². The van der Waals surface area contributed by atoms with Crippen molar-refractivity contribution in [2.45, 2.75) is 37.1 Å². The molecule has 2 aromatic rings. The van der Waals surface area contributed by atoms with Crippen molar-refractivity contribution in [2.75, 3.05) is 13.1 Å². The van der Waals surface area contributed by atoms with Crippen molar-refractivity contribution in [2.24, 2.45) is 9.98 Å². The maximum absolute atomic E-state index is 13.3. The zero-order valence-corrected chi connectivity index (χ0v) is 19.6. The molecule has 0 heterocycles. The van der Waals surface area contributed by atoms with Gasteiger partial charge in [0.1, 0.15) is 0 Å². The van der Waals surface area contributed by atoms with Crippen molar-refractivity contribution in [3.8, 4) is 0 Å². The molecule has 0 spiro atoms. The van der Waals surface area contributed by atoms with Crippen LogP contribution in [0.5, 0.6) is 0 Å². The van der Waals surface area contributed by atoms with E-state index < -0.39 is 119 Å². The molecule has 0 aromatic heterocycles. The first-order chi connectivity index (χ1) is 18.6. The summed E-state index contributed by atoms with van der Waals surface area (Å²) >= 11 is 0. The summed E-state index contributed by atoms with van der Waals surface area (Å²) in [5.41, 5.74) is -18.0. The molecule has 0 fully saturated rings. The highest BCUT2D eigenvalue weighted by Crippen LogP contribution is 2.44. The van der Waals surface area contributed by atoms with Crippen molar-refractivity contribution in [1.29, 1.82) is 0 Å². The maximum Gasteiger partial charge on any atom is 0.417 e. The van der Waals surface area contributed by atoms with Crippen LogP contribution in [0, 0.1) is 0 Å². The molecule has 0 N–H and O–H groups in total. The third-order valence-corrected chi connectivity index (χ3v) is 5.04. The van der Waals surface area contributed by atoms with Crippen LogP contribution in [0.2, 0.25) is 0 Å². The highest BCUT2D eigenvalue weighted by atomic mass is 19.4. The third-order valence-electron chi connectivity index (χ3n) is 5.04. The number of benzene rings is 2. The van der Waals surface area contributed by atoms with E-state index in [2.05, 4.69) is 9.98 Å². The number of halogens is 18. The van der Waals surface area contributed by atoms with Crippen LogP contribution in [0.25, 0.3) is 0 Å². The first-order valence-corrected chi connectivity index (χ1v) is 10.4. The van der Waals surface area contributed by atoms with Gasteiger partial charge in [0, 0.05) is 23.6 Å². The Kier molecular flexibility index (Phi) is 9.35. The lowest BCUT2D eigenvalue weighted by Crippen LogP contribution is -2.20. The Morgan fingerprint density at radius 3 is 0.762 bits per heavy atom. The zero-order chi connectivity index (χ0) is 32.7. The Morgan fingerprint density at radius 2 is 0.595 bits per heavy atom. The number of hydrogen-bond donors (Lipinski definition) is 0. The fraction of sp³-hybridized carbons (Fsp3) is 0.364. The second-order valence-electron chi connectivity index (χ2n) is 8.03.